The van der Waals surface area contributed by atoms with Crippen molar-refractivity contribution in [2.24, 2.45) is 0 Å². The molecule has 2 heterocycles. The number of nitrogens with zero attached hydrogens (tertiary/aromatic N) is 1. The van der Waals surface area contributed by atoms with Crippen LogP contribution in [-0.2, 0) is 23.0 Å². The molecule has 1 saturated heterocycles. The molecule has 2 unspecified atom stereocenters. The Morgan fingerprint density at radius 2 is 2.15 bits per heavy atom. The van der Waals surface area contributed by atoms with Crippen LogP contribution in [0.1, 0.15) is 50.7 Å². The van der Waals surface area contributed by atoms with Crippen molar-refractivity contribution >= 4 is 10.0 Å². The zero-order valence-corrected chi connectivity index (χ0v) is 17.5. The molecule has 0 amide bonds. The average molecular weight is 397 g/mol. The fraction of sp³-hybridized carbons (Fsp3) is 0.700. The summed E-state index contributed by atoms with van der Waals surface area (Å²) in [7, 11) is -3.13. The number of fused-ring (bicyclic) bond motifs is 1. The summed E-state index contributed by atoms with van der Waals surface area (Å²) in [5.74, 6) is 1.93. The summed E-state index contributed by atoms with van der Waals surface area (Å²) in [5.41, 5.74) is 2.38. The van der Waals surface area contributed by atoms with Gasteiger partial charge in [0.15, 0.2) is 0 Å². The lowest BCUT2D eigenvalue weighted by Crippen LogP contribution is -2.41. The second-order valence-corrected chi connectivity index (χ2v) is 9.54. The van der Waals surface area contributed by atoms with Crippen molar-refractivity contribution in [1.82, 2.24) is 9.62 Å². The second-order valence-electron chi connectivity index (χ2n) is 7.71. The van der Waals surface area contributed by atoms with Gasteiger partial charge in [0.2, 0.25) is 10.0 Å². The third-order valence-corrected chi connectivity index (χ3v) is 6.07. The Labute approximate surface area is 163 Å². The van der Waals surface area contributed by atoms with Crippen molar-refractivity contribution in [2.45, 2.75) is 64.6 Å². The topological polar surface area (TPSA) is 67.9 Å². The number of hydrogen-bond donors (Lipinski definition) is 1. The van der Waals surface area contributed by atoms with Gasteiger partial charge >= 0.3 is 0 Å². The van der Waals surface area contributed by atoms with E-state index < -0.39 is 10.0 Å². The quantitative estimate of drug-likeness (QED) is 0.732. The van der Waals surface area contributed by atoms with E-state index in [1.807, 2.05) is 6.92 Å². The van der Waals surface area contributed by atoms with Gasteiger partial charge in [0.1, 0.15) is 17.6 Å². The highest BCUT2D eigenvalue weighted by Gasteiger charge is 2.26. The molecule has 27 heavy (non-hydrogen) atoms. The van der Waals surface area contributed by atoms with Crippen molar-refractivity contribution in [3.63, 3.8) is 0 Å². The van der Waals surface area contributed by atoms with Gasteiger partial charge in [-0.2, -0.15) is 0 Å². The van der Waals surface area contributed by atoms with Crippen LogP contribution in [0.4, 0.5) is 0 Å². The molecule has 2 atom stereocenters. The Balaban J connectivity index is 1.72. The lowest BCUT2D eigenvalue weighted by molar-refractivity contribution is 0.131. The monoisotopic (exact) mass is 396 g/mol. The van der Waals surface area contributed by atoms with Crippen LogP contribution in [-0.4, -0.2) is 51.4 Å². The first-order chi connectivity index (χ1) is 12.9. The first-order valence-electron chi connectivity index (χ1n) is 9.99. The molecule has 0 spiro atoms. The predicted octanol–water partition coefficient (Wildman–Crippen LogP) is 2.70. The van der Waals surface area contributed by atoms with E-state index in [1.165, 1.54) is 24.7 Å². The van der Waals surface area contributed by atoms with Crippen LogP contribution in [0.5, 0.6) is 11.5 Å². The van der Waals surface area contributed by atoms with Gasteiger partial charge < -0.3 is 9.47 Å². The van der Waals surface area contributed by atoms with Crippen LogP contribution in [0.3, 0.4) is 0 Å². The minimum Gasteiger partial charge on any atom is -0.494 e. The number of nitrogens with one attached hydrogen (secondary N) is 1. The summed E-state index contributed by atoms with van der Waals surface area (Å²) in [4.78, 5) is 2.47. The average Bonchev–Trinajstić information content (AvgIpc) is 2.95. The van der Waals surface area contributed by atoms with Gasteiger partial charge in [-0.15, -0.1) is 0 Å². The van der Waals surface area contributed by atoms with Gasteiger partial charge in [-0.25, -0.2) is 13.1 Å². The van der Waals surface area contributed by atoms with E-state index in [1.54, 1.807) is 0 Å². The lowest BCUT2D eigenvalue weighted by atomic mass is 9.98. The normalized spacial score (nSPS) is 23.1. The molecule has 152 valence electrons. The van der Waals surface area contributed by atoms with Crippen LogP contribution >= 0.6 is 0 Å². The fourth-order valence-electron chi connectivity index (χ4n) is 4.12. The molecule has 0 radical (unpaired) electrons. The molecule has 0 saturated carbocycles. The Morgan fingerprint density at radius 1 is 1.33 bits per heavy atom. The first kappa shape index (κ1) is 20.4. The minimum absolute atomic E-state index is 0.217. The molecule has 0 aromatic heterocycles. The summed E-state index contributed by atoms with van der Waals surface area (Å²) in [5, 5.41) is 0. The Kier molecular flexibility index (Phi) is 6.65. The summed E-state index contributed by atoms with van der Waals surface area (Å²) in [6.45, 7) is 7.08. The Morgan fingerprint density at radius 3 is 2.89 bits per heavy atom. The number of benzene rings is 1. The fourth-order valence-corrected chi connectivity index (χ4v) is 4.61. The van der Waals surface area contributed by atoms with Crippen molar-refractivity contribution < 1.29 is 17.9 Å². The molecule has 1 aromatic carbocycles. The molecule has 2 aliphatic heterocycles. The summed E-state index contributed by atoms with van der Waals surface area (Å²) < 4.78 is 37.2. The van der Waals surface area contributed by atoms with Gasteiger partial charge in [-0.3, -0.25) is 4.90 Å². The van der Waals surface area contributed by atoms with E-state index in [4.69, 9.17) is 9.47 Å². The molecule has 2 aliphatic rings. The third kappa shape index (κ3) is 5.59. The number of hydrogen-bond acceptors (Lipinski definition) is 5. The van der Waals surface area contributed by atoms with Gasteiger partial charge in [0.05, 0.1) is 12.9 Å². The molecule has 1 aromatic rings. The van der Waals surface area contributed by atoms with Crippen LogP contribution in [0.25, 0.3) is 0 Å². The standard InChI is InChI=1S/C20H32N2O4S/c1-4-25-19-12-16-11-15(2)26-20(16)13-17(19)14-22-10-6-5-7-18(22)8-9-21-27(3,23)24/h12-13,15,18,21H,4-11,14H2,1-3H3. The number of rotatable bonds is 8. The summed E-state index contributed by atoms with van der Waals surface area (Å²) in [6, 6.07) is 4.67. The van der Waals surface area contributed by atoms with Crippen molar-refractivity contribution in [1.29, 1.82) is 0 Å². The summed E-state index contributed by atoms with van der Waals surface area (Å²) in [6.07, 6.45) is 6.67. The summed E-state index contributed by atoms with van der Waals surface area (Å²) >= 11 is 0. The number of sulfonamides is 1. The van der Waals surface area contributed by atoms with Crippen LogP contribution in [0.2, 0.25) is 0 Å². The van der Waals surface area contributed by atoms with Crippen LogP contribution in [0.15, 0.2) is 12.1 Å². The molecule has 1 fully saturated rings. The predicted molar refractivity (Wildman–Crippen MR) is 107 cm³/mol. The smallest absolute Gasteiger partial charge is 0.208 e. The molecule has 0 bridgehead atoms. The molecule has 3 rings (SSSR count). The largest absolute Gasteiger partial charge is 0.494 e. The van der Waals surface area contributed by atoms with Crippen LogP contribution < -0.4 is 14.2 Å². The molecule has 6 nitrogen and oxygen atoms in total. The zero-order valence-electron chi connectivity index (χ0n) is 16.7. The minimum atomic E-state index is -3.13. The highest BCUT2D eigenvalue weighted by molar-refractivity contribution is 7.88. The second kappa shape index (κ2) is 8.80. The van der Waals surface area contributed by atoms with Gasteiger partial charge in [0.25, 0.3) is 0 Å². The van der Waals surface area contributed by atoms with Gasteiger partial charge in [-0.05, 0) is 51.8 Å². The highest BCUT2D eigenvalue weighted by Crippen LogP contribution is 2.36. The molecule has 1 N–H and O–H groups in total. The Bertz CT molecular complexity index is 751. The number of piperidine rings is 1. The van der Waals surface area contributed by atoms with Gasteiger partial charge in [-0.1, -0.05) is 6.42 Å². The first-order valence-corrected chi connectivity index (χ1v) is 11.9. The molecular weight excluding hydrogens is 364 g/mol. The van der Waals surface area contributed by atoms with Crippen molar-refractivity contribution in [3.05, 3.63) is 23.3 Å². The maximum absolute atomic E-state index is 11.3. The SMILES string of the molecule is CCOc1cc2c(cc1CN1CCCCC1CCNS(C)(=O)=O)OC(C)C2. The van der Waals surface area contributed by atoms with E-state index in [9.17, 15) is 8.42 Å². The van der Waals surface area contributed by atoms with Crippen molar-refractivity contribution in [2.75, 3.05) is 26.0 Å². The maximum atomic E-state index is 11.3. The zero-order chi connectivity index (χ0) is 19.4. The maximum Gasteiger partial charge on any atom is 0.208 e. The molecule has 7 heteroatoms. The van der Waals surface area contributed by atoms with Crippen LogP contribution in [0, 0.1) is 0 Å². The van der Waals surface area contributed by atoms with Crippen molar-refractivity contribution in [3.8, 4) is 11.5 Å². The van der Waals surface area contributed by atoms with E-state index in [0.717, 1.165) is 49.4 Å². The van der Waals surface area contributed by atoms with Gasteiger partial charge in [0, 0.05) is 36.7 Å². The third-order valence-electron chi connectivity index (χ3n) is 5.34. The van der Waals surface area contributed by atoms with E-state index in [-0.39, 0.29) is 6.10 Å². The molecular formula is C20H32N2O4S. The van der Waals surface area contributed by atoms with E-state index >= 15 is 0 Å². The number of likely N-dealkylation sites (tertiary alicyclic amines) is 1. The lowest BCUT2D eigenvalue weighted by Gasteiger charge is -2.36. The Hall–Kier alpha value is -1.31. The van der Waals surface area contributed by atoms with E-state index in [0.29, 0.717) is 19.2 Å². The highest BCUT2D eigenvalue weighted by atomic mass is 32.2. The van der Waals surface area contributed by atoms with E-state index in [2.05, 4.69) is 28.7 Å². The number of ether oxygens (including phenoxy) is 2. The molecule has 0 aliphatic carbocycles.